The molecule has 1 N–H and O–H groups in total. The zero-order valence-electron chi connectivity index (χ0n) is 12.5. The van der Waals surface area contributed by atoms with Gasteiger partial charge < -0.3 is 9.84 Å². The number of hydrogen-bond donors (Lipinski definition) is 1. The van der Waals surface area contributed by atoms with Crippen LogP contribution in [0.4, 0.5) is 0 Å². The minimum Gasteiger partial charge on any atom is -0.487 e. The molecular formula is C17H26O2. The number of hydrogen-bond acceptors (Lipinski definition) is 2. The molecule has 2 rings (SSSR count). The summed E-state index contributed by atoms with van der Waals surface area (Å²) in [7, 11) is 0. The van der Waals surface area contributed by atoms with Crippen molar-refractivity contribution in [3.63, 3.8) is 0 Å². The third-order valence-corrected chi connectivity index (χ3v) is 3.73. The predicted molar refractivity (Wildman–Crippen MR) is 78.3 cm³/mol. The molecule has 106 valence electrons. The molecule has 0 saturated carbocycles. The molecule has 19 heavy (non-hydrogen) atoms. The number of ether oxygens (including phenoxy) is 1. The summed E-state index contributed by atoms with van der Waals surface area (Å²) in [5.74, 6) is 2.00. The average Bonchev–Trinajstić information content (AvgIpc) is 2.26. The summed E-state index contributed by atoms with van der Waals surface area (Å²) in [4.78, 5) is 0. The van der Waals surface area contributed by atoms with Crippen LogP contribution in [0.3, 0.4) is 0 Å². The van der Waals surface area contributed by atoms with E-state index < -0.39 is 6.10 Å². The van der Waals surface area contributed by atoms with E-state index in [1.807, 2.05) is 24.3 Å². The highest BCUT2D eigenvalue weighted by atomic mass is 16.5. The maximum Gasteiger partial charge on any atom is 0.125 e. The largest absolute Gasteiger partial charge is 0.487 e. The molecule has 1 aliphatic heterocycles. The van der Waals surface area contributed by atoms with E-state index in [0.717, 1.165) is 24.2 Å². The Bertz CT molecular complexity index is 413. The zero-order chi connectivity index (χ0) is 14.0. The molecule has 0 bridgehead atoms. The molecular weight excluding hydrogens is 236 g/mol. The molecule has 0 unspecified atom stereocenters. The Hall–Kier alpha value is -1.02. The molecule has 1 atom stereocenters. The quantitative estimate of drug-likeness (QED) is 0.875. The fraction of sp³-hybridized carbons (Fsp3) is 0.647. The molecule has 2 nitrogen and oxygen atoms in total. The molecule has 1 aliphatic rings. The number of rotatable bonds is 4. The molecule has 2 heteroatoms. The third-order valence-electron chi connectivity index (χ3n) is 3.73. The Labute approximate surface area is 116 Å². The molecule has 0 aromatic heterocycles. The van der Waals surface area contributed by atoms with Gasteiger partial charge in [0.25, 0.3) is 0 Å². The van der Waals surface area contributed by atoms with Crippen LogP contribution in [0.2, 0.25) is 0 Å². The Balaban J connectivity index is 2.31. The van der Waals surface area contributed by atoms with Crippen molar-refractivity contribution in [2.45, 2.75) is 58.7 Å². The van der Waals surface area contributed by atoms with Gasteiger partial charge in [-0.1, -0.05) is 45.9 Å². The van der Waals surface area contributed by atoms with Gasteiger partial charge in [-0.15, -0.1) is 0 Å². The van der Waals surface area contributed by atoms with Crippen molar-refractivity contribution in [2.75, 3.05) is 0 Å². The van der Waals surface area contributed by atoms with Crippen molar-refractivity contribution < 1.29 is 9.84 Å². The normalized spacial score (nSPS) is 21.3. The van der Waals surface area contributed by atoms with Crippen molar-refractivity contribution in [1.29, 1.82) is 0 Å². The van der Waals surface area contributed by atoms with Crippen LogP contribution < -0.4 is 4.74 Å². The van der Waals surface area contributed by atoms with Crippen LogP contribution in [0.5, 0.6) is 5.75 Å². The molecule has 1 aromatic rings. The molecule has 1 heterocycles. The van der Waals surface area contributed by atoms with Crippen LogP contribution in [0.25, 0.3) is 0 Å². The standard InChI is InChI=1S/C17H26O2/c1-12(2)9-17(10-13(3)4)11-15(18)14-7-5-6-8-16(14)19-17/h5-8,12-13,15,18H,9-11H2,1-4H3/t15-/m0/s1. The lowest BCUT2D eigenvalue weighted by atomic mass is 9.78. The lowest BCUT2D eigenvalue weighted by Crippen LogP contribution is -2.43. The highest BCUT2D eigenvalue weighted by molar-refractivity contribution is 5.38. The van der Waals surface area contributed by atoms with Crippen molar-refractivity contribution in [1.82, 2.24) is 0 Å². The van der Waals surface area contributed by atoms with E-state index in [1.54, 1.807) is 0 Å². The minimum absolute atomic E-state index is 0.212. The van der Waals surface area contributed by atoms with Crippen LogP contribution in [-0.4, -0.2) is 10.7 Å². The second kappa shape index (κ2) is 5.54. The van der Waals surface area contributed by atoms with Crippen LogP contribution in [-0.2, 0) is 0 Å². The molecule has 0 amide bonds. The minimum atomic E-state index is -0.401. The summed E-state index contributed by atoms with van der Waals surface area (Å²) >= 11 is 0. The maximum atomic E-state index is 10.4. The first-order chi connectivity index (χ1) is 8.92. The molecule has 0 radical (unpaired) electrons. The number of fused-ring (bicyclic) bond motifs is 1. The topological polar surface area (TPSA) is 29.5 Å². The van der Waals surface area contributed by atoms with E-state index in [4.69, 9.17) is 4.74 Å². The predicted octanol–water partition coefficient (Wildman–Crippen LogP) is 4.33. The highest BCUT2D eigenvalue weighted by Crippen LogP contribution is 2.44. The van der Waals surface area contributed by atoms with Crippen LogP contribution >= 0.6 is 0 Å². The van der Waals surface area contributed by atoms with Gasteiger partial charge in [-0.05, 0) is 30.7 Å². The van der Waals surface area contributed by atoms with E-state index in [-0.39, 0.29) is 5.60 Å². The number of aliphatic hydroxyl groups excluding tert-OH is 1. The highest BCUT2D eigenvalue weighted by Gasteiger charge is 2.41. The van der Waals surface area contributed by atoms with Crippen molar-refractivity contribution in [2.24, 2.45) is 11.8 Å². The first kappa shape index (κ1) is 14.4. The van der Waals surface area contributed by atoms with E-state index in [0.29, 0.717) is 18.3 Å². The lowest BCUT2D eigenvalue weighted by molar-refractivity contribution is -0.0406. The van der Waals surface area contributed by atoms with Gasteiger partial charge >= 0.3 is 0 Å². The van der Waals surface area contributed by atoms with Crippen LogP contribution in [0, 0.1) is 11.8 Å². The third kappa shape index (κ3) is 3.30. The summed E-state index contributed by atoms with van der Waals surface area (Å²) in [6.07, 6.45) is 2.30. The van der Waals surface area contributed by atoms with Gasteiger partial charge in [-0.25, -0.2) is 0 Å². The summed E-state index contributed by atoms with van der Waals surface area (Å²) in [5, 5.41) is 10.4. The van der Waals surface area contributed by atoms with Crippen molar-refractivity contribution in [3.8, 4) is 5.75 Å². The van der Waals surface area contributed by atoms with Crippen LogP contribution in [0.1, 0.15) is 58.6 Å². The van der Waals surface area contributed by atoms with Gasteiger partial charge in [0.1, 0.15) is 11.4 Å². The second-order valence-corrected chi connectivity index (χ2v) is 6.74. The average molecular weight is 262 g/mol. The SMILES string of the molecule is CC(C)CC1(CC(C)C)C[C@H](O)c2ccccc2O1. The maximum absolute atomic E-state index is 10.4. The Morgan fingerprint density at radius 3 is 2.32 bits per heavy atom. The summed E-state index contributed by atoms with van der Waals surface area (Å²) < 4.78 is 6.35. The van der Waals surface area contributed by atoms with Crippen molar-refractivity contribution >= 4 is 0 Å². The van der Waals surface area contributed by atoms with E-state index in [2.05, 4.69) is 27.7 Å². The van der Waals surface area contributed by atoms with E-state index in [1.165, 1.54) is 0 Å². The monoisotopic (exact) mass is 262 g/mol. The molecule has 0 fully saturated rings. The van der Waals surface area contributed by atoms with Crippen molar-refractivity contribution in [3.05, 3.63) is 29.8 Å². The summed E-state index contributed by atoms with van der Waals surface area (Å²) in [6, 6.07) is 7.89. The number of aliphatic hydroxyl groups is 1. The molecule has 0 spiro atoms. The zero-order valence-corrected chi connectivity index (χ0v) is 12.5. The molecule has 0 saturated heterocycles. The van der Waals surface area contributed by atoms with E-state index in [9.17, 15) is 5.11 Å². The Kier molecular flexibility index (Phi) is 4.19. The van der Waals surface area contributed by atoms with Crippen LogP contribution in [0.15, 0.2) is 24.3 Å². The van der Waals surface area contributed by atoms with Gasteiger partial charge in [-0.2, -0.15) is 0 Å². The van der Waals surface area contributed by atoms with Gasteiger partial charge in [0.15, 0.2) is 0 Å². The molecule has 1 aromatic carbocycles. The van der Waals surface area contributed by atoms with Gasteiger partial charge in [0.2, 0.25) is 0 Å². The number of para-hydroxylation sites is 1. The summed E-state index contributed by atoms with van der Waals surface area (Å²) in [5.41, 5.74) is 0.724. The Morgan fingerprint density at radius 2 is 1.74 bits per heavy atom. The van der Waals surface area contributed by atoms with Gasteiger partial charge in [-0.3, -0.25) is 0 Å². The van der Waals surface area contributed by atoms with Gasteiger partial charge in [0, 0.05) is 12.0 Å². The number of benzene rings is 1. The van der Waals surface area contributed by atoms with Gasteiger partial charge in [0.05, 0.1) is 6.10 Å². The van der Waals surface area contributed by atoms with E-state index >= 15 is 0 Å². The Morgan fingerprint density at radius 1 is 1.16 bits per heavy atom. The second-order valence-electron chi connectivity index (χ2n) is 6.74. The lowest BCUT2D eigenvalue weighted by Gasteiger charge is -2.43. The summed E-state index contributed by atoms with van der Waals surface area (Å²) in [6.45, 7) is 8.88. The first-order valence-corrected chi connectivity index (χ1v) is 7.38. The fourth-order valence-corrected chi connectivity index (χ4v) is 3.41. The smallest absolute Gasteiger partial charge is 0.125 e. The molecule has 0 aliphatic carbocycles. The fourth-order valence-electron chi connectivity index (χ4n) is 3.41. The first-order valence-electron chi connectivity index (χ1n) is 7.38.